The van der Waals surface area contributed by atoms with E-state index in [0.717, 1.165) is 0 Å². The van der Waals surface area contributed by atoms with Crippen molar-refractivity contribution in [2.75, 3.05) is 0 Å². The van der Waals surface area contributed by atoms with E-state index >= 15 is 0 Å². The summed E-state index contributed by atoms with van der Waals surface area (Å²) >= 11 is 0. The van der Waals surface area contributed by atoms with Gasteiger partial charge in [0.15, 0.2) is 0 Å². The average Bonchev–Trinajstić information content (AvgIpc) is 2.97. The van der Waals surface area contributed by atoms with Crippen molar-refractivity contribution in [3.05, 3.63) is 70.3 Å². The second kappa shape index (κ2) is 7.17. The van der Waals surface area contributed by atoms with Crippen molar-refractivity contribution < 1.29 is 25.8 Å². The first-order valence-corrected chi connectivity index (χ1v) is 6.82. The standard InChI is InChI=1S/C10H15.C9H7.Hf/c1-6-7(2)9(4)10(5)8(6)3;1-2-5-9-7-3-6-8(9)4-1;/h1-5H3;1-7H;/q2*-1;. The molecule has 0 nitrogen and oxygen atoms in total. The first-order valence-electron chi connectivity index (χ1n) is 6.82. The molecule has 0 unspecified atom stereocenters. The minimum Gasteiger partial charge on any atom is -0.196 e. The molecule has 3 aromatic rings. The zero-order chi connectivity index (χ0) is 14.0. The van der Waals surface area contributed by atoms with Crippen LogP contribution in [-0.4, -0.2) is 0 Å². The van der Waals surface area contributed by atoms with Gasteiger partial charge >= 0.3 is 0 Å². The zero-order valence-electron chi connectivity index (χ0n) is 13.0. The predicted molar refractivity (Wildman–Crippen MR) is 85.3 cm³/mol. The molecule has 0 spiro atoms. The summed E-state index contributed by atoms with van der Waals surface area (Å²) in [6, 6.07) is 14.7. The largest absolute Gasteiger partial charge is 0.196 e. The molecule has 0 N–H and O–H groups in total. The SMILES string of the molecule is Cc1c(C)c(C)[c-](C)c1C.[Hf].c1ccc2[cH-]ccc2c1. The molecule has 0 bridgehead atoms. The van der Waals surface area contributed by atoms with Crippen molar-refractivity contribution in [1.29, 1.82) is 0 Å². The molecule has 0 aliphatic carbocycles. The summed E-state index contributed by atoms with van der Waals surface area (Å²) < 4.78 is 0. The minimum absolute atomic E-state index is 0. The summed E-state index contributed by atoms with van der Waals surface area (Å²) in [5.41, 5.74) is 7.34. The van der Waals surface area contributed by atoms with Gasteiger partial charge in [0.1, 0.15) is 0 Å². The van der Waals surface area contributed by atoms with E-state index in [9.17, 15) is 0 Å². The molecule has 0 saturated carbocycles. The Hall–Kier alpha value is -0.950. The van der Waals surface area contributed by atoms with Crippen LogP contribution in [0.2, 0.25) is 0 Å². The van der Waals surface area contributed by atoms with Crippen LogP contribution in [0.1, 0.15) is 27.8 Å². The molecule has 0 fully saturated rings. The van der Waals surface area contributed by atoms with E-state index in [-0.39, 0.29) is 25.8 Å². The van der Waals surface area contributed by atoms with Crippen molar-refractivity contribution >= 4 is 10.8 Å². The molecule has 3 rings (SSSR count). The predicted octanol–water partition coefficient (Wildman–Crippen LogP) is 5.50. The Bertz CT molecular complexity index is 573. The Morgan fingerprint density at radius 2 is 1.40 bits per heavy atom. The van der Waals surface area contributed by atoms with Crippen LogP contribution in [0.5, 0.6) is 0 Å². The fourth-order valence-corrected chi connectivity index (χ4v) is 2.48. The molecule has 0 amide bonds. The van der Waals surface area contributed by atoms with Crippen LogP contribution in [-0.2, 0) is 25.8 Å². The van der Waals surface area contributed by atoms with Crippen LogP contribution >= 0.6 is 0 Å². The van der Waals surface area contributed by atoms with E-state index in [0.29, 0.717) is 0 Å². The van der Waals surface area contributed by atoms with Gasteiger partial charge in [-0.15, -0.1) is 29.7 Å². The topological polar surface area (TPSA) is 0 Å². The Morgan fingerprint density at radius 1 is 0.850 bits per heavy atom. The third kappa shape index (κ3) is 3.38. The van der Waals surface area contributed by atoms with Gasteiger partial charge in [-0.2, -0.15) is 45.3 Å². The van der Waals surface area contributed by atoms with E-state index in [1.54, 1.807) is 0 Å². The molecule has 1 heteroatoms. The summed E-state index contributed by atoms with van der Waals surface area (Å²) in [6.45, 7) is 11.0. The van der Waals surface area contributed by atoms with Gasteiger partial charge in [0.25, 0.3) is 0 Å². The quantitative estimate of drug-likeness (QED) is 0.327. The van der Waals surface area contributed by atoms with Gasteiger partial charge in [-0.3, -0.25) is 0 Å². The number of rotatable bonds is 0. The number of benzene rings is 1. The van der Waals surface area contributed by atoms with Crippen LogP contribution in [0.25, 0.3) is 10.8 Å². The molecule has 20 heavy (non-hydrogen) atoms. The summed E-state index contributed by atoms with van der Waals surface area (Å²) in [5.74, 6) is 0. The van der Waals surface area contributed by atoms with Crippen molar-refractivity contribution in [1.82, 2.24) is 0 Å². The van der Waals surface area contributed by atoms with E-state index in [1.807, 2.05) is 0 Å². The van der Waals surface area contributed by atoms with Gasteiger partial charge in [-0.25, -0.2) is 0 Å². The zero-order valence-corrected chi connectivity index (χ0v) is 16.6. The second-order valence-corrected chi connectivity index (χ2v) is 5.28. The first kappa shape index (κ1) is 17.1. The normalized spacial score (nSPS) is 9.85. The average molecular weight is 429 g/mol. The molecule has 3 aromatic carbocycles. The third-order valence-corrected chi connectivity index (χ3v) is 4.36. The Morgan fingerprint density at radius 3 is 1.85 bits per heavy atom. The molecule has 0 aromatic heterocycles. The minimum atomic E-state index is 0. The molecule has 0 radical (unpaired) electrons. The summed E-state index contributed by atoms with van der Waals surface area (Å²) in [4.78, 5) is 0. The molecular weight excluding hydrogens is 407 g/mol. The van der Waals surface area contributed by atoms with Crippen LogP contribution < -0.4 is 0 Å². The van der Waals surface area contributed by atoms with Crippen molar-refractivity contribution in [3.63, 3.8) is 0 Å². The molecule has 0 aliphatic heterocycles. The summed E-state index contributed by atoms with van der Waals surface area (Å²) in [7, 11) is 0. The first-order chi connectivity index (χ1) is 9.02. The monoisotopic (exact) mass is 430 g/mol. The number of hydrogen-bond donors (Lipinski definition) is 0. The Labute approximate surface area is 141 Å². The Balaban J connectivity index is 0.000000191. The van der Waals surface area contributed by atoms with Gasteiger partial charge < -0.3 is 0 Å². The maximum absolute atomic E-state index is 2.20. The molecule has 104 valence electrons. The van der Waals surface area contributed by atoms with Gasteiger partial charge in [0.05, 0.1) is 0 Å². The van der Waals surface area contributed by atoms with Crippen LogP contribution in [0.4, 0.5) is 0 Å². The molecule has 0 saturated heterocycles. The fraction of sp³-hybridized carbons (Fsp3) is 0.263. The van der Waals surface area contributed by atoms with Crippen molar-refractivity contribution in [3.8, 4) is 0 Å². The van der Waals surface area contributed by atoms with Crippen molar-refractivity contribution in [2.24, 2.45) is 0 Å². The van der Waals surface area contributed by atoms with Crippen LogP contribution in [0.15, 0.2) is 42.5 Å². The Kier molecular flexibility index (Phi) is 6.13. The molecular formula is C19H22Hf-2. The molecule has 0 heterocycles. The number of hydrogen-bond acceptors (Lipinski definition) is 0. The fourth-order valence-electron chi connectivity index (χ4n) is 2.48. The molecule has 0 atom stereocenters. The second-order valence-electron chi connectivity index (χ2n) is 5.28. The summed E-state index contributed by atoms with van der Waals surface area (Å²) in [5, 5.41) is 2.66. The van der Waals surface area contributed by atoms with Crippen LogP contribution in [0.3, 0.4) is 0 Å². The van der Waals surface area contributed by atoms with Gasteiger partial charge in [-0.1, -0.05) is 40.7 Å². The smallest absolute Gasteiger partial charge is 0 e. The van der Waals surface area contributed by atoms with Gasteiger partial charge in [0.2, 0.25) is 0 Å². The maximum Gasteiger partial charge on any atom is 0 e. The number of fused-ring (bicyclic) bond motifs is 1. The van der Waals surface area contributed by atoms with Gasteiger partial charge in [0, 0.05) is 25.8 Å². The van der Waals surface area contributed by atoms with Gasteiger partial charge in [-0.05, 0) is 0 Å². The van der Waals surface area contributed by atoms with E-state index in [1.165, 1.54) is 38.6 Å². The van der Waals surface area contributed by atoms with Crippen LogP contribution in [0, 0.1) is 34.6 Å². The summed E-state index contributed by atoms with van der Waals surface area (Å²) in [6.07, 6.45) is 0. The van der Waals surface area contributed by atoms with E-state index in [2.05, 4.69) is 77.1 Å². The van der Waals surface area contributed by atoms with Crippen molar-refractivity contribution in [2.45, 2.75) is 34.6 Å². The molecule has 0 aliphatic rings. The maximum atomic E-state index is 2.20. The van der Waals surface area contributed by atoms with E-state index in [4.69, 9.17) is 0 Å². The third-order valence-electron chi connectivity index (χ3n) is 4.36. The van der Waals surface area contributed by atoms with E-state index < -0.39 is 0 Å².